The maximum Gasteiger partial charge on any atom is 0.337 e. The van der Waals surface area contributed by atoms with E-state index in [0.717, 1.165) is 36.9 Å². The van der Waals surface area contributed by atoms with Gasteiger partial charge in [0.25, 0.3) is 0 Å². The van der Waals surface area contributed by atoms with E-state index in [-0.39, 0.29) is 28.7 Å². The number of ether oxygens (including phenoxy) is 3. The van der Waals surface area contributed by atoms with Crippen LogP contribution in [-0.4, -0.2) is 32.1 Å². The van der Waals surface area contributed by atoms with Crippen LogP contribution >= 0.6 is 15.9 Å². The van der Waals surface area contributed by atoms with Gasteiger partial charge in [0.05, 0.1) is 24.3 Å². The van der Waals surface area contributed by atoms with E-state index in [1.54, 1.807) is 26.4 Å². The summed E-state index contributed by atoms with van der Waals surface area (Å²) in [5, 5.41) is 3.38. The summed E-state index contributed by atoms with van der Waals surface area (Å²) in [6.45, 7) is 1.84. The summed E-state index contributed by atoms with van der Waals surface area (Å²) >= 11 is 3.28. The summed E-state index contributed by atoms with van der Waals surface area (Å²) < 4.78 is 31.2. The quantitative estimate of drug-likeness (QED) is 0.394. The first-order valence-corrected chi connectivity index (χ1v) is 13.7. The topological polar surface area (TPSA) is 73.9 Å². The van der Waals surface area contributed by atoms with Crippen molar-refractivity contribution in [2.24, 2.45) is 0 Å². The lowest BCUT2D eigenvalue weighted by atomic mass is 9.71. The van der Waals surface area contributed by atoms with Gasteiger partial charge < -0.3 is 19.5 Å². The zero-order valence-corrected chi connectivity index (χ0v) is 23.3. The molecule has 8 heteroatoms. The van der Waals surface area contributed by atoms with Crippen molar-refractivity contribution in [1.29, 1.82) is 0 Å². The number of rotatable bonds is 6. The Morgan fingerprint density at radius 3 is 2.39 bits per heavy atom. The van der Waals surface area contributed by atoms with Gasteiger partial charge in [-0.25, -0.2) is 9.18 Å². The molecule has 1 N–H and O–H groups in total. The monoisotopic (exact) mass is 583 g/mol. The molecule has 1 fully saturated rings. The average Bonchev–Trinajstić information content (AvgIpc) is 3.41. The van der Waals surface area contributed by atoms with Crippen LogP contribution in [0.25, 0.3) is 0 Å². The van der Waals surface area contributed by atoms with Gasteiger partial charge in [0.1, 0.15) is 11.9 Å². The SMILES string of the molecule is COc1ccc(C2CC(=O)C3=C(C2)NC(C)=C(C(=O)OC2CCCC2)C3c2ccc(F)c(Br)c2)cc1OC. The van der Waals surface area contributed by atoms with Gasteiger partial charge in [0.15, 0.2) is 17.3 Å². The fourth-order valence-corrected chi connectivity index (χ4v) is 6.29. The van der Waals surface area contributed by atoms with E-state index in [9.17, 15) is 14.0 Å². The number of carbonyl (C=O) groups is 2. The second-order valence-corrected chi connectivity index (χ2v) is 11.0. The maximum atomic E-state index is 14.2. The summed E-state index contributed by atoms with van der Waals surface area (Å²) in [5.74, 6) is -0.367. The summed E-state index contributed by atoms with van der Waals surface area (Å²) in [6.07, 6.45) is 4.50. The van der Waals surface area contributed by atoms with Crippen LogP contribution in [0.15, 0.2) is 63.4 Å². The highest BCUT2D eigenvalue weighted by atomic mass is 79.9. The van der Waals surface area contributed by atoms with Crippen LogP contribution in [0.1, 0.15) is 68.4 Å². The first kappa shape index (κ1) is 26.5. The van der Waals surface area contributed by atoms with Crippen LogP contribution in [0.5, 0.6) is 11.5 Å². The van der Waals surface area contributed by atoms with E-state index in [1.165, 1.54) is 6.07 Å². The Morgan fingerprint density at radius 2 is 1.71 bits per heavy atom. The summed E-state index contributed by atoms with van der Waals surface area (Å²) in [5.41, 5.74) is 4.03. The largest absolute Gasteiger partial charge is 0.493 e. The lowest BCUT2D eigenvalue weighted by Gasteiger charge is -2.37. The molecule has 2 aromatic carbocycles. The van der Waals surface area contributed by atoms with E-state index in [1.807, 2.05) is 25.1 Å². The van der Waals surface area contributed by atoms with Crippen molar-refractivity contribution in [2.45, 2.75) is 63.4 Å². The van der Waals surface area contributed by atoms with E-state index >= 15 is 0 Å². The molecule has 2 aliphatic carbocycles. The smallest absolute Gasteiger partial charge is 0.337 e. The molecule has 200 valence electrons. The van der Waals surface area contributed by atoms with Crippen molar-refractivity contribution >= 4 is 27.7 Å². The number of benzene rings is 2. The van der Waals surface area contributed by atoms with Gasteiger partial charge in [-0.3, -0.25) is 4.79 Å². The van der Waals surface area contributed by atoms with Gasteiger partial charge >= 0.3 is 5.97 Å². The number of dihydropyridines is 1. The molecule has 1 saturated carbocycles. The van der Waals surface area contributed by atoms with Gasteiger partial charge in [0.2, 0.25) is 0 Å². The highest BCUT2D eigenvalue weighted by molar-refractivity contribution is 9.10. The minimum Gasteiger partial charge on any atom is -0.493 e. The molecule has 2 atom stereocenters. The van der Waals surface area contributed by atoms with E-state index in [4.69, 9.17) is 14.2 Å². The molecule has 0 amide bonds. The third-order valence-corrected chi connectivity index (χ3v) is 8.39. The van der Waals surface area contributed by atoms with Crippen molar-refractivity contribution in [3.8, 4) is 11.5 Å². The van der Waals surface area contributed by atoms with E-state index < -0.39 is 17.7 Å². The molecule has 6 nitrogen and oxygen atoms in total. The Hall–Kier alpha value is -3.13. The number of hydrogen-bond acceptors (Lipinski definition) is 6. The number of methoxy groups -OCH3 is 2. The van der Waals surface area contributed by atoms with Crippen LogP contribution in [0.2, 0.25) is 0 Å². The first-order valence-electron chi connectivity index (χ1n) is 12.9. The Kier molecular flexibility index (Phi) is 7.61. The Labute approximate surface area is 230 Å². The normalized spacial score (nSPS) is 21.8. The molecule has 0 spiro atoms. The van der Waals surface area contributed by atoms with E-state index in [0.29, 0.717) is 40.3 Å². The number of hydrogen-bond donors (Lipinski definition) is 1. The molecule has 38 heavy (non-hydrogen) atoms. The van der Waals surface area contributed by atoms with Crippen molar-refractivity contribution in [3.05, 3.63) is 80.4 Å². The highest BCUT2D eigenvalue weighted by Gasteiger charge is 2.42. The molecular formula is C30H31BrFNO5. The summed E-state index contributed by atoms with van der Waals surface area (Å²) in [7, 11) is 3.17. The Morgan fingerprint density at radius 1 is 1.00 bits per heavy atom. The van der Waals surface area contributed by atoms with Gasteiger partial charge in [-0.15, -0.1) is 0 Å². The van der Waals surface area contributed by atoms with Gasteiger partial charge in [-0.05, 0) is 96.3 Å². The number of nitrogens with one attached hydrogen (secondary N) is 1. The van der Waals surface area contributed by atoms with Crippen LogP contribution < -0.4 is 14.8 Å². The molecule has 5 rings (SSSR count). The number of Topliss-reactive ketones (excluding diaryl/α,β-unsaturated/α-hetero) is 1. The lowest BCUT2D eigenvalue weighted by Crippen LogP contribution is -2.36. The second-order valence-electron chi connectivity index (χ2n) is 10.1. The fraction of sp³-hybridized carbons (Fsp3) is 0.400. The molecule has 2 unspecified atom stereocenters. The third-order valence-electron chi connectivity index (χ3n) is 7.78. The van der Waals surface area contributed by atoms with Crippen molar-refractivity contribution in [3.63, 3.8) is 0 Å². The Bertz CT molecular complexity index is 1340. The molecule has 0 bridgehead atoms. The van der Waals surface area contributed by atoms with Crippen LogP contribution in [0, 0.1) is 5.82 Å². The average molecular weight is 584 g/mol. The molecule has 0 saturated heterocycles. The summed E-state index contributed by atoms with van der Waals surface area (Å²) in [6, 6.07) is 10.4. The van der Waals surface area contributed by atoms with Crippen molar-refractivity contribution < 1.29 is 28.2 Å². The molecule has 3 aliphatic rings. The standard InChI is InChI=1S/C30H31BrFNO5/c1-16-27(30(35)38-20-6-4-5-7-20)28(18-8-10-22(32)21(31)12-18)29-23(33-16)13-19(14-24(29)34)17-9-11-25(36-2)26(15-17)37-3/h8-12,15,19-20,28,33H,4-7,13-14H2,1-3H3. The molecule has 1 heterocycles. The van der Waals surface area contributed by atoms with Crippen LogP contribution in [-0.2, 0) is 14.3 Å². The van der Waals surface area contributed by atoms with Gasteiger partial charge in [0, 0.05) is 29.3 Å². The lowest BCUT2D eigenvalue weighted by molar-refractivity contribution is -0.144. The van der Waals surface area contributed by atoms with Crippen LogP contribution in [0.4, 0.5) is 4.39 Å². The maximum absolute atomic E-state index is 14.2. The van der Waals surface area contributed by atoms with Crippen molar-refractivity contribution in [2.75, 3.05) is 14.2 Å². The minimum absolute atomic E-state index is 0.0531. The van der Waals surface area contributed by atoms with E-state index in [2.05, 4.69) is 21.2 Å². The van der Waals surface area contributed by atoms with Crippen LogP contribution in [0.3, 0.4) is 0 Å². The minimum atomic E-state index is -0.643. The van der Waals surface area contributed by atoms with Gasteiger partial charge in [-0.2, -0.15) is 0 Å². The molecule has 1 aliphatic heterocycles. The predicted molar refractivity (Wildman–Crippen MR) is 145 cm³/mol. The molecule has 0 aromatic heterocycles. The number of carbonyl (C=O) groups excluding carboxylic acids is 2. The molecular weight excluding hydrogens is 553 g/mol. The first-order chi connectivity index (χ1) is 18.3. The van der Waals surface area contributed by atoms with Crippen molar-refractivity contribution in [1.82, 2.24) is 5.32 Å². The highest BCUT2D eigenvalue weighted by Crippen LogP contribution is 2.47. The summed E-state index contributed by atoms with van der Waals surface area (Å²) in [4.78, 5) is 27.4. The fourth-order valence-electron chi connectivity index (χ4n) is 5.90. The zero-order valence-electron chi connectivity index (χ0n) is 21.7. The predicted octanol–water partition coefficient (Wildman–Crippen LogP) is 6.45. The zero-order chi connectivity index (χ0) is 27.0. The molecule has 2 aromatic rings. The second kappa shape index (κ2) is 10.9. The third kappa shape index (κ3) is 4.98. The number of allylic oxidation sites excluding steroid dienone is 3. The molecule has 0 radical (unpaired) electrons. The Balaban J connectivity index is 1.54. The van der Waals surface area contributed by atoms with Gasteiger partial charge in [-0.1, -0.05) is 12.1 Å². The number of esters is 1. The number of halogens is 2. The number of ketones is 1.